The number of benzene rings is 1. The number of hydrogen-bond acceptors (Lipinski definition) is 4. The molecule has 1 aromatic carbocycles. The standard InChI is InChI=1S/C11H12BrN3O2/c12-10-2-1-9(5-8(10)6-14)17-7-11(16)15-4-3-13/h1-2,5H,4,6-7,14H2,(H,15,16). The monoisotopic (exact) mass is 297 g/mol. The molecule has 0 aliphatic heterocycles. The lowest BCUT2D eigenvalue weighted by atomic mass is 10.2. The van der Waals surface area contributed by atoms with Gasteiger partial charge < -0.3 is 15.8 Å². The lowest BCUT2D eigenvalue weighted by Crippen LogP contribution is -2.29. The Labute approximate surface area is 108 Å². The molecule has 0 radical (unpaired) electrons. The van der Waals surface area contributed by atoms with Crippen LogP contribution in [0.5, 0.6) is 5.75 Å². The fourth-order valence-corrected chi connectivity index (χ4v) is 1.54. The van der Waals surface area contributed by atoms with Gasteiger partial charge >= 0.3 is 0 Å². The van der Waals surface area contributed by atoms with Gasteiger partial charge in [-0.3, -0.25) is 4.79 Å². The first-order valence-corrected chi connectivity index (χ1v) is 5.71. The SMILES string of the molecule is N#CCNC(=O)COc1ccc(Br)c(CN)c1. The summed E-state index contributed by atoms with van der Waals surface area (Å²) < 4.78 is 6.17. The number of carbonyl (C=O) groups excluding carboxylic acids is 1. The number of halogens is 1. The fourth-order valence-electron chi connectivity index (χ4n) is 1.14. The molecule has 0 aromatic heterocycles. The van der Waals surface area contributed by atoms with Crippen LogP contribution < -0.4 is 15.8 Å². The largest absolute Gasteiger partial charge is 0.484 e. The molecule has 6 heteroatoms. The molecule has 5 nitrogen and oxygen atoms in total. The first-order chi connectivity index (χ1) is 8.17. The average molecular weight is 298 g/mol. The van der Waals surface area contributed by atoms with Crippen molar-refractivity contribution in [1.82, 2.24) is 5.32 Å². The Morgan fingerprint density at radius 2 is 2.35 bits per heavy atom. The predicted octanol–water partition coefficient (Wildman–Crippen LogP) is 0.926. The Kier molecular flexibility index (Phi) is 5.46. The van der Waals surface area contributed by atoms with Crippen molar-refractivity contribution in [2.24, 2.45) is 5.73 Å². The van der Waals surface area contributed by atoms with Gasteiger partial charge in [0, 0.05) is 11.0 Å². The van der Waals surface area contributed by atoms with Crippen molar-refractivity contribution in [1.29, 1.82) is 5.26 Å². The Morgan fingerprint density at radius 1 is 1.59 bits per heavy atom. The van der Waals surface area contributed by atoms with Crippen molar-refractivity contribution in [3.63, 3.8) is 0 Å². The van der Waals surface area contributed by atoms with Gasteiger partial charge in [0.05, 0.1) is 6.07 Å². The summed E-state index contributed by atoms with van der Waals surface area (Å²) in [7, 11) is 0. The molecule has 0 aliphatic carbocycles. The van der Waals surface area contributed by atoms with E-state index in [1.807, 2.05) is 12.1 Å². The first-order valence-electron chi connectivity index (χ1n) is 4.92. The molecule has 0 unspecified atom stereocenters. The molecular formula is C11H12BrN3O2. The van der Waals surface area contributed by atoms with E-state index in [2.05, 4.69) is 21.2 Å². The van der Waals surface area contributed by atoms with Crippen LogP contribution in [-0.4, -0.2) is 19.1 Å². The van der Waals surface area contributed by atoms with Gasteiger partial charge in [-0.05, 0) is 23.8 Å². The molecule has 17 heavy (non-hydrogen) atoms. The van der Waals surface area contributed by atoms with Crippen LogP contribution in [-0.2, 0) is 11.3 Å². The number of nitrogens with zero attached hydrogens (tertiary/aromatic N) is 1. The molecule has 0 spiro atoms. The van der Waals surface area contributed by atoms with Gasteiger partial charge in [0.15, 0.2) is 6.61 Å². The Balaban J connectivity index is 2.52. The summed E-state index contributed by atoms with van der Waals surface area (Å²) in [5.41, 5.74) is 6.44. The number of nitrogens with one attached hydrogen (secondary N) is 1. The summed E-state index contributed by atoms with van der Waals surface area (Å²) in [6.45, 7) is 0.252. The van der Waals surface area contributed by atoms with Crippen LogP contribution in [0, 0.1) is 11.3 Å². The number of carbonyl (C=O) groups is 1. The van der Waals surface area contributed by atoms with Gasteiger partial charge in [-0.1, -0.05) is 15.9 Å². The minimum Gasteiger partial charge on any atom is -0.484 e. The van der Waals surface area contributed by atoms with Gasteiger partial charge in [-0.25, -0.2) is 0 Å². The fraction of sp³-hybridized carbons (Fsp3) is 0.273. The molecule has 0 heterocycles. The summed E-state index contributed by atoms with van der Waals surface area (Å²) >= 11 is 3.35. The van der Waals surface area contributed by atoms with Crippen LogP contribution in [0.15, 0.2) is 22.7 Å². The summed E-state index contributed by atoms with van der Waals surface area (Å²) in [6, 6.07) is 7.12. The van der Waals surface area contributed by atoms with E-state index in [1.54, 1.807) is 12.1 Å². The highest BCUT2D eigenvalue weighted by Gasteiger charge is 2.04. The quantitative estimate of drug-likeness (QED) is 0.791. The highest BCUT2D eigenvalue weighted by molar-refractivity contribution is 9.10. The maximum atomic E-state index is 11.2. The van der Waals surface area contributed by atoms with Crippen LogP contribution >= 0.6 is 15.9 Å². The molecule has 0 fully saturated rings. The van der Waals surface area contributed by atoms with E-state index in [1.165, 1.54) is 0 Å². The number of ether oxygens (including phenoxy) is 1. The third-order valence-electron chi connectivity index (χ3n) is 1.97. The smallest absolute Gasteiger partial charge is 0.258 e. The second kappa shape index (κ2) is 6.89. The van der Waals surface area contributed by atoms with Crippen LogP contribution in [0.2, 0.25) is 0 Å². The second-order valence-electron chi connectivity index (χ2n) is 3.18. The third-order valence-corrected chi connectivity index (χ3v) is 2.75. The van der Waals surface area contributed by atoms with Crippen molar-refractivity contribution in [2.75, 3.05) is 13.2 Å². The zero-order valence-electron chi connectivity index (χ0n) is 9.07. The number of nitrogens with two attached hydrogens (primary N) is 1. The molecule has 0 aliphatic rings. The van der Waals surface area contributed by atoms with E-state index in [0.29, 0.717) is 12.3 Å². The molecule has 0 saturated heterocycles. The maximum Gasteiger partial charge on any atom is 0.258 e. The normalized spacial score (nSPS) is 9.47. The van der Waals surface area contributed by atoms with Gasteiger partial charge in [-0.15, -0.1) is 0 Å². The van der Waals surface area contributed by atoms with E-state index in [0.717, 1.165) is 10.0 Å². The Morgan fingerprint density at radius 3 is 3.00 bits per heavy atom. The molecule has 3 N–H and O–H groups in total. The molecule has 1 amide bonds. The zero-order valence-corrected chi connectivity index (χ0v) is 10.7. The van der Waals surface area contributed by atoms with Crippen LogP contribution in [0.4, 0.5) is 0 Å². The summed E-state index contributed by atoms with van der Waals surface area (Å²) in [6.07, 6.45) is 0. The summed E-state index contributed by atoms with van der Waals surface area (Å²) in [5.74, 6) is 0.240. The van der Waals surface area contributed by atoms with E-state index in [-0.39, 0.29) is 19.1 Å². The van der Waals surface area contributed by atoms with Gasteiger partial charge in [-0.2, -0.15) is 5.26 Å². The molecule has 0 atom stereocenters. The van der Waals surface area contributed by atoms with E-state index >= 15 is 0 Å². The highest BCUT2D eigenvalue weighted by Crippen LogP contribution is 2.22. The molecule has 90 valence electrons. The second-order valence-corrected chi connectivity index (χ2v) is 4.04. The van der Waals surface area contributed by atoms with Crippen molar-refractivity contribution in [2.45, 2.75) is 6.54 Å². The number of rotatable bonds is 5. The van der Waals surface area contributed by atoms with Crippen molar-refractivity contribution in [3.05, 3.63) is 28.2 Å². The number of amides is 1. The minimum atomic E-state index is -0.330. The number of nitriles is 1. The van der Waals surface area contributed by atoms with E-state index < -0.39 is 0 Å². The zero-order chi connectivity index (χ0) is 12.7. The summed E-state index contributed by atoms with van der Waals surface area (Å²) in [4.78, 5) is 11.2. The average Bonchev–Trinajstić information content (AvgIpc) is 2.35. The van der Waals surface area contributed by atoms with E-state index in [9.17, 15) is 4.79 Å². The van der Waals surface area contributed by atoms with Crippen molar-refractivity contribution in [3.8, 4) is 11.8 Å². The molecule has 0 saturated carbocycles. The Bertz CT molecular complexity index is 443. The van der Waals surface area contributed by atoms with Gasteiger partial charge in [0.1, 0.15) is 12.3 Å². The van der Waals surface area contributed by atoms with Gasteiger partial charge in [0.25, 0.3) is 5.91 Å². The molecule has 1 rings (SSSR count). The minimum absolute atomic E-state index is 0.0173. The molecule has 0 bridgehead atoms. The molecule has 1 aromatic rings. The topological polar surface area (TPSA) is 88.1 Å². The molecular weight excluding hydrogens is 286 g/mol. The lowest BCUT2D eigenvalue weighted by Gasteiger charge is -2.08. The van der Waals surface area contributed by atoms with Crippen LogP contribution in [0.1, 0.15) is 5.56 Å². The third kappa shape index (κ3) is 4.43. The first kappa shape index (κ1) is 13.5. The lowest BCUT2D eigenvalue weighted by molar-refractivity contribution is -0.122. The van der Waals surface area contributed by atoms with Crippen LogP contribution in [0.3, 0.4) is 0 Å². The van der Waals surface area contributed by atoms with Gasteiger partial charge in [0.2, 0.25) is 0 Å². The van der Waals surface area contributed by atoms with Crippen LogP contribution in [0.25, 0.3) is 0 Å². The van der Waals surface area contributed by atoms with Crippen molar-refractivity contribution >= 4 is 21.8 Å². The predicted molar refractivity (Wildman–Crippen MR) is 66.2 cm³/mol. The highest BCUT2D eigenvalue weighted by atomic mass is 79.9. The Hall–Kier alpha value is -1.58. The van der Waals surface area contributed by atoms with Crippen molar-refractivity contribution < 1.29 is 9.53 Å². The summed E-state index contributed by atoms with van der Waals surface area (Å²) in [5, 5.41) is 10.7. The number of hydrogen-bond donors (Lipinski definition) is 2. The van der Waals surface area contributed by atoms with E-state index in [4.69, 9.17) is 15.7 Å². The maximum absolute atomic E-state index is 11.2.